The summed E-state index contributed by atoms with van der Waals surface area (Å²) in [5.41, 5.74) is 1.52. The number of hydrogen-bond acceptors (Lipinski definition) is 6. The van der Waals surface area contributed by atoms with Gasteiger partial charge in [0.1, 0.15) is 0 Å². The van der Waals surface area contributed by atoms with Gasteiger partial charge in [-0.3, -0.25) is 0 Å². The Bertz CT molecular complexity index is 678. The van der Waals surface area contributed by atoms with Crippen LogP contribution >= 0.6 is 0 Å². The fraction of sp³-hybridized carbons (Fsp3) is 0.222. The molecule has 0 spiro atoms. The summed E-state index contributed by atoms with van der Waals surface area (Å²) in [5, 5.41) is 27.2. The lowest BCUT2D eigenvalue weighted by atomic mass is 10.2. The van der Waals surface area contributed by atoms with Crippen molar-refractivity contribution in [2.24, 2.45) is 10.2 Å². The summed E-state index contributed by atoms with van der Waals surface area (Å²) in [6.07, 6.45) is 3.12. The summed E-state index contributed by atoms with van der Waals surface area (Å²) in [4.78, 5) is 0. The van der Waals surface area contributed by atoms with Crippen molar-refractivity contribution >= 4 is 12.4 Å². The lowest BCUT2D eigenvalue weighted by molar-refractivity contribution is 0.318. The van der Waals surface area contributed by atoms with Gasteiger partial charge in [-0.1, -0.05) is 0 Å². The van der Waals surface area contributed by atoms with Gasteiger partial charge < -0.3 is 19.7 Å². The number of benzene rings is 2. The Morgan fingerprint density at radius 1 is 0.792 bits per heavy atom. The van der Waals surface area contributed by atoms with Crippen molar-refractivity contribution < 1.29 is 19.7 Å². The second kappa shape index (κ2) is 8.57. The van der Waals surface area contributed by atoms with Crippen LogP contribution in [0.25, 0.3) is 0 Å². The highest BCUT2D eigenvalue weighted by Crippen LogP contribution is 2.27. The first-order valence-electron chi connectivity index (χ1n) is 7.62. The Labute approximate surface area is 140 Å². The van der Waals surface area contributed by atoms with Gasteiger partial charge in [-0.25, -0.2) is 0 Å². The number of ether oxygens (including phenoxy) is 2. The average molecular weight is 328 g/mol. The third-order valence-electron chi connectivity index (χ3n) is 3.05. The molecular weight excluding hydrogens is 308 g/mol. The maximum atomic E-state index is 9.65. The van der Waals surface area contributed by atoms with Crippen LogP contribution in [-0.4, -0.2) is 35.9 Å². The summed E-state index contributed by atoms with van der Waals surface area (Å²) in [6, 6.07) is 9.89. The van der Waals surface area contributed by atoms with E-state index in [4.69, 9.17) is 9.47 Å². The highest BCUT2D eigenvalue weighted by atomic mass is 16.5. The standard InChI is InChI=1S/C18H20N2O4/c1-3-23-17-9-13(5-7-15(17)21)11-19-20-12-14-6-8-16(22)18(10-14)24-4-2/h5-12,21-22H,3-4H2,1-2H3/b19-11-,20-12+. The van der Waals surface area contributed by atoms with Crippen LogP contribution in [0.5, 0.6) is 23.0 Å². The minimum absolute atomic E-state index is 0.0880. The van der Waals surface area contributed by atoms with Gasteiger partial charge in [0.15, 0.2) is 23.0 Å². The second-order valence-electron chi connectivity index (χ2n) is 4.81. The van der Waals surface area contributed by atoms with Crippen LogP contribution in [0.2, 0.25) is 0 Å². The number of rotatable bonds is 7. The van der Waals surface area contributed by atoms with E-state index in [0.29, 0.717) is 24.7 Å². The van der Waals surface area contributed by atoms with Crippen LogP contribution < -0.4 is 9.47 Å². The van der Waals surface area contributed by atoms with E-state index in [9.17, 15) is 10.2 Å². The molecule has 2 N–H and O–H groups in total. The molecule has 0 fully saturated rings. The predicted octanol–water partition coefficient (Wildman–Crippen LogP) is 3.35. The van der Waals surface area contributed by atoms with Gasteiger partial charge in [-0.15, -0.1) is 0 Å². The molecule has 0 unspecified atom stereocenters. The normalized spacial score (nSPS) is 11.2. The molecule has 2 aromatic rings. The van der Waals surface area contributed by atoms with E-state index >= 15 is 0 Å². The van der Waals surface area contributed by atoms with E-state index in [1.165, 1.54) is 0 Å². The van der Waals surface area contributed by atoms with Crippen LogP contribution in [0.15, 0.2) is 46.6 Å². The number of phenols is 2. The Kier molecular flexibility index (Phi) is 6.19. The molecule has 126 valence electrons. The number of hydrogen-bond donors (Lipinski definition) is 2. The Morgan fingerprint density at radius 3 is 1.58 bits per heavy atom. The summed E-state index contributed by atoms with van der Waals surface area (Å²) in [5.74, 6) is 0.991. The summed E-state index contributed by atoms with van der Waals surface area (Å²) in [6.45, 7) is 4.63. The fourth-order valence-corrected chi connectivity index (χ4v) is 1.96. The topological polar surface area (TPSA) is 83.6 Å². The maximum Gasteiger partial charge on any atom is 0.161 e. The van der Waals surface area contributed by atoms with Crippen molar-refractivity contribution in [1.82, 2.24) is 0 Å². The molecule has 0 amide bonds. The SMILES string of the molecule is CCOc1cc(/C=N\N=C\c2ccc(O)c(OCC)c2)ccc1O. The van der Waals surface area contributed by atoms with E-state index in [2.05, 4.69) is 10.2 Å². The maximum absolute atomic E-state index is 9.65. The van der Waals surface area contributed by atoms with Gasteiger partial charge in [-0.2, -0.15) is 10.2 Å². The van der Waals surface area contributed by atoms with Gasteiger partial charge >= 0.3 is 0 Å². The van der Waals surface area contributed by atoms with Crippen LogP contribution in [0.3, 0.4) is 0 Å². The Hall–Kier alpha value is -3.02. The lowest BCUT2D eigenvalue weighted by Crippen LogP contribution is -1.93. The van der Waals surface area contributed by atoms with Crippen molar-refractivity contribution in [3.05, 3.63) is 47.5 Å². The van der Waals surface area contributed by atoms with Crippen molar-refractivity contribution in [3.8, 4) is 23.0 Å². The molecule has 6 heteroatoms. The molecule has 0 radical (unpaired) electrons. The third kappa shape index (κ3) is 4.74. The Balaban J connectivity index is 2.07. The smallest absolute Gasteiger partial charge is 0.161 e. The molecule has 0 bridgehead atoms. The quantitative estimate of drug-likeness (QED) is 0.603. The zero-order chi connectivity index (χ0) is 17.4. The molecule has 24 heavy (non-hydrogen) atoms. The van der Waals surface area contributed by atoms with Crippen LogP contribution in [0, 0.1) is 0 Å². The van der Waals surface area contributed by atoms with Gasteiger partial charge in [0.25, 0.3) is 0 Å². The molecule has 0 aliphatic rings. The van der Waals surface area contributed by atoms with Crippen molar-refractivity contribution in [1.29, 1.82) is 0 Å². The molecule has 0 atom stereocenters. The summed E-state index contributed by atoms with van der Waals surface area (Å²) < 4.78 is 10.6. The molecular formula is C18H20N2O4. The first-order chi connectivity index (χ1) is 11.6. The van der Waals surface area contributed by atoms with E-state index in [1.54, 1.807) is 48.8 Å². The van der Waals surface area contributed by atoms with Gasteiger partial charge in [0, 0.05) is 0 Å². The third-order valence-corrected chi connectivity index (χ3v) is 3.05. The largest absolute Gasteiger partial charge is 0.504 e. The second-order valence-corrected chi connectivity index (χ2v) is 4.81. The highest BCUT2D eigenvalue weighted by molar-refractivity contribution is 5.83. The Morgan fingerprint density at radius 2 is 1.21 bits per heavy atom. The summed E-state index contributed by atoms with van der Waals surface area (Å²) in [7, 11) is 0. The van der Waals surface area contributed by atoms with E-state index in [-0.39, 0.29) is 11.5 Å². The van der Waals surface area contributed by atoms with Gasteiger partial charge in [-0.05, 0) is 61.4 Å². The van der Waals surface area contributed by atoms with Crippen LogP contribution in [0.1, 0.15) is 25.0 Å². The molecule has 0 aliphatic heterocycles. The minimum atomic E-state index is 0.0880. The van der Waals surface area contributed by atoms with Crippen LogP contribution in [-0.2, 0) is 0 Å². The fourth-order valence-electron chi connectivity index (χ4n) is 1.96. The predicted molar refractivity (Wildman–Crippen MR) is 93.7 cm³/mol. The van der Waals surface area contributed by atoms with E-state index in [1.807, 2.05) is 13.8 Å². The van der Waals surface area contributed by atoms with Crippen molar-refractivity contribution in [2.45, 2.75) is 13.8 Å². The average Bonchev–Trinajstić information content (AvgIpc) is 2.57. The monoisotopic (exact) mass is 328 g/mol. The first kappa shape index (κ1) is 17.3. The number of aromatic hydroxyl groups is 2. The minimum Gasteiger partial charge on any atom is -0.504 e. The molecule has 0 aromatic heterocycles. The van der Waals surface area contributed by atoms with Gasteiger partial charge in [0.05, 0.1) is 25.6 Å². The van der Waals surface area contributed by atoms with Crippen LogP contribution in [0.4, 0.5) is 0 Å². The molecule has 6 nitrogen and oxygen atoms in total. The molecule has 0 saturated heterocycles. The highest BCUT2D eigenvalue weighted by Gasteiger charge is 2.03. The number of phenolic OH excluding ortho intramolecular Hbond substituents is 2. The van der Waals surface area contributed by atoms with Gasteiger partial charge in [0.2, 0.25) is 0 Å². The molecule has 0 saturated carbocycles. The van der Waals surface area contributed by atoms with Crippen molar-refractivity contribution in [2.75, 3.05) is 13.2 Å². The molecule has 0 aliphatic carbocycles. The summed E-state index contributed by atoms with van der Waals surface area (Å²) >= 11 is 0. The van der Waals surface area contributed by atoms with E-state index < -0.39 is 0 Å². The molecule has 0 heterocycles. The van der Waals surface area contributed by atoms with E-state index in [0.717, 1.165) is 11.1 Å². The lowest BCUT2D eigenvalue weighted by Gasteiger charge is -2.05. The molecule has 2 rings (SSSR count). The molecule has 2 aromatic carbocycles. The number of nitrogens with zero attached hydrogens (tertiary/aromatic N) is 2. The zero-order valence-electron chi connectivity index (χ0n) is 13.6. The van der Waals surface area contributed by atoms with Crippen molar-refractivity contribution in [3.63, 3.8) is 0 Å². The zero-order valence-corrected chi connectivity index (χ0v) is 13.6. The first-order valence-corrected chi connectivity index (χ1v) is 7.62.